The Kier molecular flexibility index (Phi) is 3.84. The SMILES string of the molecule is CCCN(CC1CC1)C(=O)c1ccc(CN)o1. The molecule has 1 aliphatic carbocycles. The number of hydrogen-bond donors (Lipinski definition) is 1. The van der Waals surface area contributed by atoms with Crippen molar-refractivity contribution in [3.63, 3.8) is 0 Å². The lowest BCUT2D eigenvalue weighted by Crippen LogP contribution is -2.33. The van der Waals surface area contributed by atoms with Gasteiger partial charge in [0.25, 0.3) is 5.91 Å². The maximum absolute atomic E-state index is 12.2. The second-order valence-corrected chi connectivity index (χ2v) is 4.66. The molecule has 1 heterocycles. The van der Waals surface area contributed by atoms with E-state index in [1.54, 1.807) is 12.1 Å². The molecule has 0 radical (unpaired) electrons. The van der Waals surface area contributed by atoms with Crippen molar-refractivity contribution in [3.8, 4) is 0 Å². The first-order chi connectivity index (χ1) is 8.24. The number of furan rings is 1. The molecule has 1 amide bonds. The fraction of sp³-hybridized carbons (Fsp3) is 0.615. The van der Waals surface area contributed by atoms with Crippen molar-refractivity contribution in [1.82, 2.24) is 4.90 Å². The van der Waals surface area contributed by atoms with Gasteiger partial charge in [-0.15, -0.1) is 0 Å². The van der Waals surface area contributed by atoms with Crippen LogP contribution in [0, 0.1) is 5.92 Å². The van der Waals surface area contributed by atoms with Crippen molar-refractivity contribution < 1.29 is 9.21 Å². The molecular formula is C13H20N2O2. The predicted molar refractivity (Wildman–Crippen MR) is 65.5 cm³/mol. The van der Waals surface area contributed by atoms with E-state index < -0.39 is 0 Å². The number of carbonyl (C=O) groups excluding carboxylic acids is 1. The molecule has 2 N–H and O–H groups in total. The van der Waals surface area contributed by atoms with Gasteiger partial charge in [0.05, 0.1) is 6.54 Å². The first kappa shape index (κ1) is 12.2. The van der Waals surface area contributed by atoms with Crippen LogP contribution in [0.4, 0.5) is 0 Å². The number of hydrogen-bond acceptors (Lipinski definition) is 3. The van der Waals surface area contributed by atoms with Gasteiger partial charge < -0.3 is 15.1 Å². The van der Waals surface area contributed by atoms with Gasteiger partial charge in [-0.3, -0.25) is 4.79 Å². The molecule has 0 aliphatic heterocycles. The molecule has 1 saturated carbocycles. The van der Waals surface area contributed by atoms with Gasteiger partial charge in [-0.05, 0) is 37.3 Å². The van der Waals surface area contributed by atoms with E-state index in [1.807, 2.05) is 4.90 Å². The highest BCUT2D eigenvalue weighted by Crippen LogP contribution is 2.30. The normalized spacial score (nSPS) is 14.9. The second kappa shape index (κ2) is 5.36. The minimum absolute atomic E-state index is 0.00144. The Hall–Kier alpha value is -1.29. The van der Waals surface area contributed by atoms with Crippen molar-refractivity contribution in [3.05, 3.63) is 23.7 Å². The molecule has 0 bridgehead atoms. The Morgan fingerprint density at radius 3 is 2.82 bits per heavy atom. The third-order valence-corrected chi connectivity index (χ3v) is 3.03. The molecule has 0 unspecified atom stereocenters. The summed E-state index contributed by atoms with van der Waals surface area (Å²) < 4.78 is 5.41. The second-order valence-electron chi connectivity index (χ2n) is 4.66. The van der Waals surface area contributed by atoms with Crippen LogP contribution in [-0.2, 0) is 6.54 Å². The molecule has 4 nitrogen and oxygen atoms in total. The zero-order chi connectivity index (χ0) is 12.3. The fourth-order valence-corrected chi connectivity index (χ4v) is 1.92. The molecular weight excluding hydrogens is 216 g/mol. The van der Waals surface area contributed by atoms with Gasteiger partial charge >= 0.3 is 0 Å². The zero-order valence-electron chi connectivity index (χ0n) is 10.3. The van der Waals surface area contributed by atoms with Crippen molar-refractivity contribution in [2.75, 3.05) is 13.1 Å². The van der Waals surface area contributed by atoms with Crippen molar-refractivity contribution in [1.29, 1.82) is 0 Å². The number of nitrogens with zero attached hydrogens (tertiary/aromatic N) is 1. The van der Waals surface area contributed by atoms with Crippen molar-refractivity contribution in [2.24, 2.45) is 11.7 Å². The summed E-state index contributed by atoms with van der Waals surface area (Å²) in [6, 6.07) is 3.49. The average molecular weight is 236 g/mol. The first-order valence-electron chi connectivity index (χ1n) is 6.32. The lowest BCUT2D eigenvalue weighted by atomic mass is 10.3. The van der Waals surface area contributed by atoms with E-state index in [-0.39, 0.29) is 5.91 Å². The van der Waals surface area contributed by atoms with Gasteiger partial charge in [0, 0.05) is 13.1 Å². The third kappa shape index (κ3) is 3.09. The van der Waals surface area contributed by atoms with Gasteiger partial charge in [-0.2, -0.15) is 0 Å². The van der Waals surface area contributed by atoms with E-state index in [2.05, 4.69) is 6.92 Å². The topological polar surface area (TPSA) is 59.5 Å². The largest absolute Gasteiger partial charge is 0.455 e. The van der Waals surface area contributed by atoms with Crippen LogP contribution >= 0.6 is 0 Å². The summed E-state index contributed by atoms with van der Waals surface area (Å²) >= 11 is 0. The number of rotatable bonds is 6. The van der Waals surface area contributed by atoms with Crippen molar-refractivity contribution >= 4 is 5.91 Å². The maximum atomic E-state index is 12.2. The Balaban J connectivity index is 2.02. The predicted octanol–water partition coefficient (Wildman–Crippen LogP) is 2.00. The highest BCUT2D eigenvalue weighted by atomic mass is 16.4. The van der Waals surface area contributed by atoms with Gasteiger partial charge in [-0.1, -0.05) is 6.92 Å². The summed E-state index contributed by atoms with van der Waals surface area (Å²) in [4.78, 5) is 14.1. The van der Waals surface area contributed by atoms with Crippen LogP contribution in [0.2, 0.25) is 0 Å². The van der Waals surface area contributed by atoms with E-state index in [1.165, 1.54) is 12.8 Å². The number of carbonyl (C=O) groups is 1. The molecule has 0 atom stereocenters. The van der Waals surface area contributed by atoms with Crippen LogP contribution in [0.5, 0.6) is 0 Å². The maximum Gasteiger partial charge on any atom is 0.289 e. The molecule has 0 saturated heterocycles. The zero-order valence-corrected chi connectivity index (χ0v) is 10.3. The van der Waals surface area contributed by atoms with Crippen LogP contribution in [0.1, 0.15) is 42.5 Å². The molecule has 17 heavy (non-hydrogen) atoms. The average Bonchev–Trinajstić information content (AvgIpc) is 3.02. The fourth-order valence-electron chi connectivity index (χ4n) is 1.92. The Labute approximate surface area is 102 Å². The van der Waals surface area contributed by atoms with Gasteiger partial charge in [0.1, 0.15) is 5.76 Å². The minimum atomic E-state index is -0.00144. The van der Waals surface area contributed by atoms with E-state index in [4.69, 9.17) is 10.2 Å². The molecule has 94 valence electrons. The molecule has 1 fully saturated rings. The molecule has 1 aromatic heterocycles. The Morgan fingerprint density at radius 2 is 2.29 bits per heavy atom. The van der Waals surface area contributed by atoms with E-state index in [0.717, 1.165) is 19.5 Å². The summed E-state index contributed by atoms with van der Waals surface area (Å²) in [7, 11) is 0. The third-order valence-electron chi connectivity index (χ3n) is 3.03. The monoisotopic (exact) mass is 236 g/mol. The molecule has 0 spiro atoms. The van der Waals surface area contributed by atoms with Gasteiger partial charge in [-0.25, -0.2) is 0 Å². The van der Waals surface area contributed by atoms with Crippen LogP contribution < -0.4 is 5.73 Å². The van der Waals surface area contributed by atoms with E-state index in [0.29, 0.717) is 24.0 Å². The molecule has 0 aromatic carbocycles. The van der Waals surface area contributed by atoms with Crippen LogP contribution in [-0.4, -0.2) is 23.9 Å². The summed E-state index contributed by atoms with van der Waals surface area (Å²) in [5.41, 5.74) is 5.47. The summed E-state index contributed by atoms with van der Waals surface area (Å²) in [6.45, 7) is 4.09. The smallest absolute Gasteiger partial charge is 0.289 e. The van der Waals surface area contributed by atoms with Crippen LogP contribution in [0.3, 0.4) is 0 Å². The summed E-state index contributed by atoms with van der Waals surface area (Å²) in [5, 5.41) is 0. The standard InChI is InChI=1S/C13H20N2O2/c1-2-7-15(9-10-3-4-10)13(16)12-6-5-11(8-14)17-12/h5-6,10H,2-4,7-9,14H2,1H3. The van der Waals surface area contributed by atoms with Crippen LogP contribution in [0.15, 0.2) is 16.5 Å². The molecule has 1 aliphatic rings. The highest BCUT2D eigenvalue weighted by Gasteiger charge is 2.27. The van der Waals surface area contributed by atoms with Gasteiger partial charge in [0.2, 0.25) is 0 Å². The molecule has 2 rings (SSSR count). The number of nitrogens with two attached hydrogens (primary N) is 1. The quantitative estimate of drug-likeness (QED) is 0.821. The first-order valence-corrected chi connectivity index (χ1v) is 6.32. The van der Waals surface area contributed by atoms with Crippen molar-refractivity contribution in [2.45, 2.75) is 32.7 Å². The van der Waals surface area contributed by atoms with E-state index >= 15 is 0 Å². The van der Waals surface area contributed by atoms with Crippen LogP contribution in [0.25, 0.3) is 0 Å². The lowest BCUT2D eigenvalue weighted by molar-refractivity contribution is 0.0714. The minimum Gasteiger partial charge on any atom is -0.455 e. The highest BCUT2D eigenvalue weighted by molar-refractivity contribution is 5.91. The Bertz CT molecular complexity index is 383. The van der Waals surface area contributed by atoms with E-state index in [9.17, 15) is 4.79 Å². The number of amides is 1. The molecule has 4 heteroatoms. The Morgan fingerprint density at radius 1 is 1.53 bits per heavy atom. The van der Waals surface area contributed by atoms with Gasteiger partial charge in [0.15, 0.2) is 5.76 Å². The molecule has 1 aromatic rings. The summed E-state index contributed by atoms with van der Waals surface area (Å²) in [5.74, 6) is 1.78. The lowest BCUT2D eigenvalue weighted by Gasteiger charge is -2.20. The summed E-state index contributed by atoms with van der Waals surface area (Å²) in [6.07, 6.45) is 3.47.